The van der Waals surface area contributed by atoms with Crippen molar-refractivity contribution in [2.24, 2.45) is 4.99 Å². The molecular weight excluding hydrogens is 534 g/mol. The second-order valence-electron chi connectivity index (χ2n) is 7.66. The van der Waals surface area contributed by atoms with E-state index in [1.165, 1.54) is 6.07 Å². The standard InChI is InChI=1S/C22H28F3N5O.HI/c1-2-26-21(27-10-4-6-17-5-3-7-18(15-17)22(23,24)25)30-13-11-29(12-14-30)16-20(31)28-19-8-9-19;/h3,5,7,15,19H,2,8-14,16H2,1H3,(H,26,27)(H,28,31);1H. The molecule has 0 spiro atoms. The molecule has 0 radical (unpaired) electrons. The fourth-order valence-corrected chi connectivity index (χ4v) is 3.28. The van der Waals surface area contributed by atoms with E-state index >= 15 is 0 Å². The monoisotopic (exact) mass is 563 g/mol. The molecule has 0 bridgehead atoms. The SMILES string of the molecule is CCNC(=NCC#Cc1cccc(C(F)(F)F)c1)N1CCN(CC(=O)NC2CC2)CC1.I. The summed E-state index contributed by atoms with van der Waals surface area (Å²) in [4.78, 5) is 20.7. The Balaban J connectivity index is 0.00000363. The number of guanidine groups is 1. The molecule has 6 nitrogen and oxygen atoms in total. The number of nitrogens with zero attached hydrogens (tertiary/aromatic N) is 3. The molecule has 2 aliphatic rings. The number of amides is 1. The first-order valence-electron chi connectivity index (χ1n) is 10.6. The first-order valence-corrected chi connectivity index (χ1v) is 10.6. The third-order valence-corrected chi connectivity index (χ3v) is 5.05. The van der Waals surface area contributed by atoms with Crippen LogP contribution in [0.15, 0.2) is 29.3 Å². The van der Waals surface area contributed by atoms with E-state index in [1.54, 1.807) is 6.07 Å². The first-order chi connectivity index (χ1) is 14.8. The Morgan fingerprint density at radius 2 is 1.94 bits per heavy atom. The van der Waals surface area contributed by atoms with Gasteiger partial charge in [-0.2, -0.15) is 13.2 Å². The van der Waals surface area contributed by atoms with Crippen molar-refractivity contribution in [1.29, 1.82) is 0 Å². The van der Waals surface area contributed by atoms with Gasteiger partial charge in [0.05, 0.1) is 12.1 Å². The number of carbonyl (C=O) groups excluding carboxylic acids is 1. The lowest BCUT2D eigenvalue weighted by atomic mass is 10.1. The van der Waals surface area contributed by atoms with Crippen molar-refractivity contribution in [3.8, 4) is 11.8 Å². The number of rotatable bonds is 5. The second-order valence-corrected chi connectivity index (χ2v) is 7.66. The summed E-state index contributed by atoms with van der Waals surface area (Å²) in [6.07, 6.45) is -2.22. The molecular formula is C22H29F3IN5O. The summed E-state index contributed by atoms with van der Waals surface area (Å²) >= 11 is 0. The molecule has 1 aromatic rings. The summed E-state index contributed by atoms with van der Waals surface area (Å²) in [5, 5.41) is 6.24. The van der Waals surface area contributed by atoms with Gasteiger partial charge in [-0.25, -0.2) is 4.99 Å². The normalized spacial score (nSPS) is 17.1. The predicted octanol–water partition coefficient (Wildman–Crippen LogP) is 2.54. The van der Waals surface area contributed by atoms with Crippen LogP contribution in [-0.2, 0) is 11.0 Å². The van der Waals surface area contributed by atoms with Crippen LogP contribution in [0.3, 0.4) is 0 Å². The highest BCUT2D eigenvalue weighted by Gasteiger charge is 2.30. The van der Waals surface area contributed by atoms with Crippen LogP contribution in [0.2, 0.25) is 0 Å². The van der Waals surface area contributed by atoms with E-state index in [2.05, 4.69) is 37.3 Å². The van der Waals surface area contributed by atoms with Crippen molar-refractivity contribution >= 4 is 35.8 Å². The number of hydrogen-bond donors (Lipinski definition) is 2. The molecule has 0 aromatic heterocycles. The number of aliphatic imine (C=N–C) groups is 1. The van der Waals surface area contributed by atoms with Crippen molar-refractivity contribution in [2.45, 2.75) is 32.0 Å². The molecule has 10 heteroatoms. The van der Waals surface area contributed by atoms with Crippen LogP contribution < -0.4 is 10.6 Å². The van der Waals surface area contributed by atoms with Crippen molar-refractivity contribution in [3.05, 3.63) is 35.4 Å². The molecule has 2 fully saturated rings. The van der Waals surface area contributed by atoms with E-state index in [9.17, 15) is 18.0 Å². The zero-order chi connectivity index (χ0) is 22.3. The molecule has 3 rings (SSSR count). The number of hydrogen-bond acceptors (Lipinski definition) is 3. The van der Waals surface area contributed by atoms with Gasteiger partial charge in [0.25, 0.3) is 0 Å². The number of alkyl halides is 3. The van der Waals surface area contributed by atoms with E-state index in [1.807, 2.05) is 6.92 Å². The predicted molar refractivity (Wildman–Crippen MR) is 129 cm³/mol. The van der Waals surface area contributed by atoms with Gasteiger partial charge in [0, 0.05) is 44.3 Å². The fourth-order valence-electron chi connectivity index (χ4n) is 3.28. The molecule has 176 valence electrons. The molecule has 2 N–H and O–H groups in total. The van der Waals surface area contributed by atoms with Gasteiger partial charge < -0.3 is 15.5 Å². The van der Waals surface area contributed by atoms with Gasteiger partial charge in [0.15, 0.2) is 5.96 Å². The van der Waals surface area contributed by atoms with Crippen LogP contribution in [0.25, 0.3) is 0 Å². The summed E-state index contributed by atoms with van der Waals surface area (Å²) < 4.78 is 38.4. The van der Waals surface area contributed by atoms with E-state index < -0.39 is 11.7 Å². The fraction of sp³-hybridized carbons (Fsp3) is 0.545. The molecule has 1 heterocycles. The topological polar surface area (TPSA) is 60.0 Å². The van der Waals surface area contributed by atoms with Crippen molar-refractivity contribution in [3.63, 3.8) is 0 Å². The Labute approximate surface area is 204 Å². The van der Waals surface area contributed by atoms with Crippen molar-refractivity contribution < 1.29 is 18.0 Å². The minimum absolute atomic E-state index is 0. The molecule has 32 heavy (non-hydrogen) atoms. The first kappa shape index (κ1) is 26.3. The Bertz CT molecular complexity index is 853. The molecule has 1 saturated carbocycles. The second kappa shape index (κ2) is 12.3. The quantitative estimate of drug-likeness (QED) is 0.251. The van der Waals surface area contributed by atoms with Crippen LogP contribution in [0, 0.1) is 11.8 Å². The minimum atomic E-state index is -4.38. The van der Waals surface area contributed by atoms with Crippen LogP contribution >= 0.6 is 24.0 Å². The van der Waals surface area contributed by atoms with Gasteiger partial charge in [-0.3, -0.25) is 9.69 Å². The van der Waals surface area contributed by atoms with Crippen LogP contribution in [0.5, 0.6) is 0 Å². The highest BCUT2D eigenvalue weighted by molar-refractivity contribution is 14.0. The molecule has 1 aliphatic carbocycles. The van der Waals surface area contributed by atoms with Gasteiger partial charge in [-0.1, -0.05) is 17.9 Å². The Morgan fingerprint density at radius 1 is 1.22 bits per heavy atom. The lowest BCUT2D eigenvalue weighted by molar-refractivity contribution is -0.137. The largest absolute Gasteiger partial charge is 0.416 e. The van der Waals surface area contributed by atoms with Gasteiger partial charge in [0.1, 0.15) is 6.54 Å². The van der Waals surface area contributed by atoms with Crippen LogP contribution in [-0.4, -0.2) is 73.5 Å². The summed E-state index contributed by atoms with van der Waals surface area (Å²) in [7, 11) is 0. The molecule has 1 aromatic carbocycles. The summed E-state index contributed by atoms with van der Waals surface area (Å²) in [5.41, 5.74) is -0.395. The molecule has 0 unspecified atom stereocenters. The average molecular weight is 563 g/mol. The average Bonchev–Trinajstić information content (AvgIpc) is 3.54. The highest BCUT2D eigenvalue weighted by atomic mass is 127. The summed E-state index contributed by atoms with van der Waals surface area (Å²) in [5.74, 6) is 6.39. The minimum Gasteiger partial charge on any atom is -0.356 e. The van der Waals surface area contributed by atoms with Gasteiger partial charge in [-0.05, 0) is 38.0 Å². The van der Waals surface area contributed by atoms with E-state index in [-0.39, 0.29) is 36.4 Å². The van der Waals surface area contributed by atoms with Crippen LogP contribution in [0.4, 0.5) is 13.2 Å². The van der Waals surface area contributed by atoms with Gasteiger partial charge in [0.2, 0.25) is 5.91 Å². The van der Waals surface area contributed by atoms with Gasteiger partial charge in [-0.15, -0.1) is 24.0 Å². The number of nitrogens with one attached hydrogen (secondary N) is 2. The lowest BCUT2D eigenvalue weighted by Crippen LogP contribution is -2.54. The Morgan fingerprint density at radius 3 is 2.56 bits per heavy atom. The Kier molecular flexibility index (Phi) is 10.1. The third kappa shape index (κ3) is 8.50. The van der Waals surface area contributed by atoms with Gasteiger partial charge >= 0.3 is 6.18 Å². The smallest absolute Gasteiger partial charge is 0.356 e. The zero-order valence-corrected chi connectivity index (χ0v) is 20.4. The molecule has 1 amide bonds. The maximum absolute atomic E-state index is 12.8. The number of piperazine rings is 1. The third-order valence-electron chi connectivity index (χ3n) is 5.05. The number of benzene rings is 1. The highest BCUT2D eigenvalue weighted by Crippen LogP contribution is 2.29. The Hall–Kier alpha value is -2.00. The number of halogens is 4. The zero-order valence-electron chi connectivity index (χ0n) is 18.0. The molecule has 0 atom stereocenters. The lowest BCUT2D eigenvalue weighted by Gasteiger charge is -2.36. The molecule has 1 aliphatic heterocycles. The van der Waals surface area contributed by atoms with Crippen molar-refractivity contribution in [1.82, 2.24) is 20.4 Å². The maximum Gasteiger partial charge on any atom is 0.416 e. The van der Waals surface area contributed by atoms with E-state index in [0.29, 0.717) is 24.7 Å². The summed E-state index contributed by atoms with van der Waals surface area (Å²) in [6, 6.07) is 5.35. The van der Waals surface area contributed by atoms with E-state index in [4.69, 9.17) is 0 Å². The van der Waals surface area contributed by atoms with Crippen molar-refractivity contribution in [2.75, 3.05) is 45.8 Å². The molecule has 1 saturated heterocycles. The van der Waals surface area contributed by atoms with E-state index in [0.717, 1.165) is 57.1 Å². The van der Waals surface area contributed by atoms with Crippen LogP contribution in [0.1, 0.15) is 30.9 Å². The maximum atomic E-state index is 12.8. The number of carbonyl (C=O) groups is 1. The summed E-state index contributed by atoms with van der Waals surface area (Å²) in [6.45, 7) is 6.28.